The van der Waals surface area contributed by atoms with E-state index in [1.54, 1.807) is 0 Å². The Kier molecular flexibility index (Phi) is 7.30. The van der Waals surface area contributed by atoms with Crippen molar-refractivity contribution in [1.29, 1.82) is 0 Å². The second-order valence-electron chi connectivity index (χ2n) is 5.17. The van der Waals surface area contributed by atoms with E-state index >= 15 is 0 Å². The van der Waals surface area contributed by atoms with E-state index in [4.69, 9.17) is 4.74 Å². The van der Waals surface area contributed by atoms with Crippen LogP contribution in [0.3, 0.4) is 0 Å². The first-order valence-corrected chi connectivity index (χ1v) is 7.50. The minimum Gasteiger partial charge on any atom is -0.380 e. The van der Waals surface area contributed by atoms with Gasteiger partial charge >= 0.3 is 0 Å². The van der Waals surface area contributed by atoms with E-state index in [9.17, 15) is 0 Å². The number of ether oxygens (including phenoxy) is 1. The highest BCUT2D eigenvalue weighted by Crippen LogP contribution is 2.19. The van der Waals surface area contributed by atoms with E-state index in [0.29, 0.717) is 12.5 Å². The van der Waals surface area contributed by atoms with Gasteiger partial charge in [0, 0.05) is 38.7 Å². The smallest absolute Gasteiger partial charge is 0.135 e. The quantitative estimate of drug-likeness (QED) is 0.705. The molecule has 1 rings (SSSR count). The third-order valence-electron chi connectivity index (χ3n) is 2.97. The molecule has 114 valence electrons. The molecule has 20 heavy (non-hydrogen) atoms. The predicted octanol–water partition coefficient (Wildman–Crippen LogP) is 2.89. The summed E-state index contributed by atoms with van der Waals surface area (Å²) < 4.78 is 5.40. The SMILES string of the molecule is CCCNc1cc(N(C)CCOCC)nc(C(C)C)n1. The number of hydrogen-bond acceptors (Lipinski definition) is 5. The first kappa shape index (κ1) is 16.7. The fourth-order valence-electron chi connectivity index (χ4n) is 1.71. The maximum atomic E-state index is 5.40. The molecule has 5 nitrogen and oxygen atoms in total. The Balaban J connectivity index is 2.84. The first-order valence-electron chi connectivity index (χ1n) is 7.50. The molecule has 0 saturated heterocycles. The van der Waals surface area contributed by atoms with Crippen molar-refractivity contribution in [3.8, 4) is 0 Å². The maximum Gasteiger partial charge on any atom is 0.135 e. The lowest BCUT2D eigenvalue weighted by Crippen LogP contribution is -2.24. The van der Waals surface area contributed by atoms with Crippen LogP contribution in [-0.4, -0.2) is 43.3 Å². The van der Waals surface area contributed by atoms with E-state index in [1.165, 1.54) is 0 Å². The van der Waals surface area contributed by atoms with Crippen molar-refractivity contribution >= 4 is 11.6 Å². The highest BCUT2D eigenvalue weighted by atomic mass is 16.5. The van der Waals surface area contributed by atoms with Gasteiger partial charge in [0.25, 0.3) is 0 Å². The highest BCUT2D eigenvalue weighted by Gasteiger charge is 2.10. The molecule has 0 unspecified atom stereocenters. The Labute approximate surface area is 122 Å². The van der Waals surface area contributed by atoms with Gasteiger partial charge < -0.3 is 15.0 Å². The Morgan fingerprint density at radius 1 is 1.30 bits per heavy atom. The Bertz CT molecular complexity index is 395. The summed E-state index contributed by atoms with van der Waals surface area (Å²) in [6.45, 7) is 11.6. The fraction of sp³-hybridized carbons (Fsp3) is 0.733. The van der Waals surface area contributed by atoms with Gasteiger partial charge in [-0.1, -0.05) is 20.8 Å². The van der Waals surface area contributed by atoms with Crippen molar-refractivity contribution in [1.82, 2.24) is 9.97 Å². The van der Waals surface area contributed by atoms with Gasteiger partial charge in [0.05, 0.1) is 6.61 Å². The van der Waals surface area contributed by atoms with Crippen molar-refractivity contribution in [2.75, 3.05) is 43.6 Å². The average Bonchev–Trinajstić information content (AvgIpc) is 2.44. The van der Waals surface area contributed by atoms with E-state index in [2.05, 4.69) is 41.0 Å². The topological polar surface area (TPSA) is 50.3 Å². The largest absolute Gasteiger partial charge is 0.380 e. The minimum absolute atomic E-state index is 0.317. The van der Waals surface area contributed by atoms with Crippen molar-refractivity contribution in [3.63, 3.8) is 0 Å². The molecule has 1 heterocycles. The van der Waals surface area contributed by atoms with Crippen LogP contribution in [0.1, 0.15) is 45.9 Å². The number of nitrogens with zero attached hydrogens (tertiary/aromatic N) is 3. The Morgan fingerprint density at radius 2 is 2.05 bits per heavy atom. The highest BCUT2D eigenvalue weighted by molar-refractivity contribution is 5.49. The standard InChI is InChI=1S/C15H28N4O/c1-6-8-16-13-11-14(18-15(17-13)12(3)4)19(5)9-10-20-7-2/h11-12H,6-10H2,1-5H3,(H,16,17,18). The van der Waals surface area contributed by atoms with Crippen LogP contribution in [-0.2, 0) is 4.74 Å². The van der Waals surface area contributed by atoms with Crippen LogP contribution >= 0.6 is 0 Å². The molecule has 1 aromatic heterocycles. The fourth-order valence-corrected chi connectivity index (χ4v) is 1.71. The molecule has 1 aromatic rings. The zero-order valence-corrected chi connectivity index (χ0v) is 13.4. The van der Waals surface area contributed by atoms with Gasteiger partial charge in [-0.15, -0.1) is 0 Å². The minimum atomic E-state index is 0.317. The van der Waals surface area contributed by atoms with Crippen LogP contribution in [0.15, 0.2) is 6.07 Å². The van der Waals surface area contributed by atoms with E-state index in [-0.39, 0.29) is 0 Å². The molecule has 0 aromatic carbocycles. The lowest BCUT2D eigenvalue weighted by molar-refractivity contribution is 0.154. The van der Waals surface area contributed by atoms with E-state index < -0.39 is 0 Å². The molecule has 0 atom stereocenters. The third kappa shape index (κ3) is 5.33. The van der Waals surface area contributed by atoms with Crippen LogP contribution in [0.4, 0.5) is 11.6 Å². The van der Waals surface area contributed by atoms with Crippen molar-refractivity contribution in [3.05, 3.63) is 11.9 Å². The van der Waals surface area contributed by atoms with Gasteiger partial charge in [0.2, 0.25) is 0 Å². The van der Waals surface area contributed by atoms with Crippen LogP contribution in [0, 0.1) is 0 Å². The maximum absolute atomic E-state index is 5.40. The monoisotopic (exact) mass is 280 g/mol. The van der Waals surface area contributed by atoms with Crippen LogP contribution < -0.4 is 10.2 Å². The Hall–Kier alpha value is -1.36. The van der Waals surface area contributed by atoms with Crippen LogP contribution in [0.2, 0.25) is 0 Å². The number of likely N-dealkylation sites (N-methyl/N-ethyl adjacent to an activating group) is 1. The summed E-state index contributed by atoms with van der Waals surface area (Å²) in [5, 5.41) is 3.34. The molecule has 0 saturated carbocycles. The van der Waals surface area contributed by atoms with E-state index in [0.717, 1.165) is 43.6 Å². The number of hydrogen-bond donors (Lipinski definition) is 1. The second-order valence-corrected chi connectivity index (χ2v) is 5.17. The normalized spacial score (nSPS) is 10.9. The van der Waals surface area contributed by atoms with Crippen molar-refractivity contribution in [2.45, 2.75) is 40.0 Å². The number of aromatic nitrogens is 2. The number of anilines is 2. The lowest BCUT2D eigenvalue weighted by atomic mass is 10.2. The molecule has 0 aliphatic carbocycles. The number of rotatable bonds is 9. The van der Waals surface area contributed by atoms with Gasteiger partial charge in [-0.05, 0) is 13.3 Å². The van der Waals surface area contributed by atoms with Gasteiger partial charge in [0.1, 0.15) is 17.5 Å². The molecule has 5 heteroatoms. The molecule has 0 spiro atoms. The molecular weight excluding hydrogens is 252 g/mol. The second kappa shape index (κ2) is 8.74. The molecular formula is C15H28N4O. The zero-order chi connectivity index (χ0) is 15.0. The van der Waals surface area contributed by atoms with E-state index in [1.807, 2.05) is 20.0 Å². The number of nitrogens with one attached hydrogen (secondary N) is 1. The molecule has 0 amide bonds. The van der Waals surface area contributed by atoms with Crippen LogP contribution in [0.25, 0.3) is 0 Å². The zero-order valence-electron chi connectivity index (χ0n) is 13.4. The molecule has 0 radical (unpaired) electrons. The average molecular weight is 280 g/mol. The van der Waals surface area contributed by atoms with Gasteiger partial charge in [0.15, 0.2) is 0 Å². The lowest BCUT2D eigenvalue weighted by Gasteiger charge is -2.20. The molecule has 0 aliphatic rings. The predicted molar refractivity (Wildman–Crippen MR) is 84.7 cm³/mol. The summed E-state index contributed by atoms with van der Waals surface area (Å²) in [5.41, 5.74) is 0. The Morgan fingerprint density at radius 3 is 2.65 bits per heavy atom. The third-order valence-corrected chi connectivity index (χ3v) is 2.97. The van der Waals surface area contributed by atoms with Crippen molar-refractivity contribution in [2.24, 2.45) is 0 Å². The summed E-state index contributed by atoms with van der Waals surface area (Å²) in [5.74, 6) is 3.05. The summed E-state index contributed by atoms with van der Waals surface area (Å²) in [6, 6.07) is 2.01. The molecule has 0 bridgehead atoms. The molecule has 1 N–H and O–H groups in total. The van der Waals surface area contributed by atoms with Crippen molar-refractivity contribution < 1.29 is 4.74 Å². The van der Waals surface area contributed by atoms with Crippen LogP contribution in [0.5, 0.6) is 0 Å². The van der Waals surface area contributed by atoms with Gasteiger partial charge in [-0.2, -0.15) is 0 Å². The van der Waals surface area contributed by atoms with Gasteiger partial charge in [-0.3, -0.25) is 0 Å². The summed E-state index contributed by atoms with van der Waals surface area (Å²) >= 11 is 0. The summed E-state index contributed by atoms with van der Waals surface area (Å²) in [4.78, 5) is 11.3. The molecule has 0 aliphatic heterocycles. The first-order chi connectivity index (χ1) is 9.58. The summed E-state index contributed by atoms with van der Waals surface area (Å²) in [7, 11) is 2.04. The molecule has 0 fully saturated rings. The van der Waals surface area contributed by atoms with Gasteiger partial charge in [-0.25, -0.2) is 9.97 Å². The summed E-state index contributed by atoms with van der Waals surface area (Å²) in [6.07, 6.45) is 1.08.